The second kappa shape index (κ2) is 11.9. The number of H-pyrrole nitrogens is 1. The van der Waals surface area contributed by atoms with E-state index in [1.807, 2.05) is 24.3 Å². The van der Waals surface area contributed by atoms with Crippen LogP contribution in [0, 0.1) is 10.1 Å². The summed E-state index contributed by atoms with van der Waals surface area (Å²) in [7, 11) is 0. The largest absolute Gasteiger partial charge is 0.375 e. The maximum Gasteiger partial charge on any atom is 0.292 e. The second-order valence-corrected chi connectivity index (χ2v) is 12.2. The summed E-state index contributed by atoms with van der Waals surface area (Å²) in [4.78, 5) is 28.8. The molecule has 9 nitrogen and oxygen atoms in total. The molecule has 0 atom stereocenters. The molecule has 3 heterocycles. The average molecular weight is 576 g/mol. The minimum Gasteiger partial charge on any atom is -0.375 e. The van der Waals surface area contributed by atoms with E-state index in [9.17, 15) is 10.1 Å². The van der Waals surface area contributed by atoms with Crippen molar-refractivity contribution in [2.24, 2.45) is 0 Å². The third-order valence-electron chi connectivity index (χ3n) is 8.10. The molecule has 9 heteroatoms. The van der Waals surface area contributed by atoms with E-state index in [-0.39, 0.29) is 16.0 Å². The highest BCUT2D eigenvalue weighted by molar-refractivity contribution is 5.91. The normalized spacial score (nSPS) is 14.3. The van der Waals surface area contributed by atoms with Gasteiger partial charge in [0.15, 0.2) is 0 Å². The number of anilines is 2. The van der Waals surface area contributed by atoms with Crippen molar-refractivity contribution < 1.29 is 4.92 Å². The number of benzene rings is 3. The molecule has 1 saturated heterocycles. The van der Waals surface area contributed by atoms with Crippen LogP contribution in [-0.2, 0) is 18.5 Å². The van der Waals surface area contributed by atoms with Gasteiger partial charge < -0.3 is 15.2 Å². The fourth-order valence-corrected chi connectivity index (χ4v) is 5.62. The fraction of sp³-hybridized carbons (Fsp3) is 0.294. The van der Waals surface area contributed by atoms with Crippen molar-refractivity contribution in [1.82, 2.24) is 19.9 Å². The van der Waals surface area contributed by atoms with Crippen LogP contribution in [0.4, 0.5) is 17.1 Å². The van der Waals surface area contributed by atoms with E-state index in [0.29, 0.717) is 12.2 Å². The first-order valence-corrected chi connectivity index (χ1v) is 14.7. The molecule has 1 aliphatic rings. The molecule has 2 aromatic heterocycles. The number of aromatic nitrogens is 3. The third-order valence-corrected chi connectivity index (χ3v) is 8.10. The van der Waals surface area contributed by atoms with Gasteiger partial charge >= 0.3 is 0 Å². The summed E-state index contributed by atoms with van der Waals surface area (Å²) in [5.41, 5.74) is 8.28. The number of piperazine rings is 1. The van der Waals surface area contributed by atoms with Gasteiger partial charge in [0, 0.05) is 63.3 Å². The Kier molecular flexibility index (Phi) is 7.82. The molecule has 2 N–H and O–H groups in total. The Morgan fingerprint density at radius 2 is 1.74 bits per heavy atom. The first-order chi connectivity index (χ1) is 20.7. The Morgan fingerprint density at radius 1 is 0.953 bits per heavy atom. The standard InChI is InChI=1S/C34H37N7O2/c1-34(2,3)27-12-10-26(11-13-27)33-37-28-7-4-8-31(32(28)38-33)40-18-16-39(17-19-40)23-24-9-14-30(41(42)43)29(20-24)36-22-25-6-5-15-35-21-25/h4-15,20-21,36H,16-19,22-23H2,1-3H3,(H,37,38). The third kappa shape index (κ3) is 6.36. The van der Waals surface area contributed by atoms with Crippen molar-refractivity contribution >= 4 is 28.1 Å². The molecule has 0 amide bonds. The zero-order valence-corrected chi connectivity index (χ0v) is 24.9. The van der Waals surface area contributed by atoms with Crippen molar-refractivity contribution in [2.75, 3.05) is 36.4 Å². The van der Waals surface area contributed by atoms with Gasteiger partial charge in [-0.2, -0.15) is 0 Å². The van der Waals surface area contributed by atoms with Crippen LogP contribution in [0.3, 0.4) is 0 Å². The molecule has 0 radical (unpaired) electrons. The van der Waals surface area contributed by atoms with Gasteiger partial charge in [-0.1, -0.05) is 63.2 Å². The number of aromatic amines is 1. The molecule has 1 fully saturated rings. The summed E-state index contributed by atoms with van der Waals surface area (Å²) in [5, 5.41) is 14.9. The monoisotopic (exact) mass is 575 g/mol. The highest BCUT2D eigenvalue weighted by Crippen LogP contribution is 2.31. The molecule has 0 aliphatic carbocycles. The van der Waals surface area contributed by atoms with E-state index < -0.39 is 0 Å². The minimum atomic E-state index is -0.337. The van der Waals surface area contributed by atoms with Crippen LogP contribution in [0.15, 0.2) is 85.2 Å². The number of nitro benzene ring substituents is 1. The molecule has 0 spiro atoms. The number of nitrogens with one attached hydrogen (secondary N) is 2. The lowest BCUT2D eigenvalue weighted by Crippen LogP contribution is -2.46. The number of nitro groups is 1. The molecular weight excluding hydrogens is 538 g/mol. The van der Waals surface area contributed by atoms with Crippen molar-refractivity contribution in [2.45, 2.75) is 39.3 Å². The van der Waals surface area contributed by atoms with E-state index >= 15 is 0 Å². The molecule has 43 heavy (non-hydrogen) atoms. The van der Waals surface area contributed by atoms with Crippen LogP contribution >= 0.6 is 0 Å². The smallest absolute Gasteiger partial charge is 0.292 e. The summed E-state index contributed by atoms with van der Waals surface area (Å²) in [6.07, 6.45) is 3.47. The Labute approximate surface area is 251 Å². The van der Waals surface area contributed by atoms with Gasteiger partial charge in [-0.3, -0.25) is 20.0 Å². The molecular formula is C34H37N7O2. The van der Waals surface area contributed by atoms with Crippen LogP contribution in [0.1, 0.15) is 37.5 Å². The molecule has 6 rings (SSSR count). The summed E-state index contributed by atoms with van der Waals surface area (Å²) in [5.74, 6) is 0.882. The number of fused-ring (bicyclic) bond motifs is 1. The maximum atomic E-state index is 11.7. The Hall–Kier alpha value is -4.76. The Bertz CT molecular complexity index is 1720. The number of nitrogens with zero attached hydrogens (tertiary/aromatic N) is 5. The summed E-state index contributed by atoms with van der Waals surface area (Å²) >= 11 is 0. The minimum absolute atomic E-state index is 0.0778. The predicted octanol–water partition coefficient (Wildman–Crippen LogP) is 6.76. The van der Waals surface area contributed by atoms with E-state index in [1.54, 1.807) is 18.5 Å². The maximum absolute atomic E-state index is 11.7. The van der Waals surface area contributed by atoms with Crippen molar-refractivity contribution in [1.29, 1.82) is 0 Å². The van der Waals surface area contributed by atoms with Gasteiger partial charge in [0.2, 0.25) is 0 Å². The number of hydrogen-bond acceptors (Lipinski definition) is 7. The van der Waals surface area contributed by atoms with Crippen LogP contribution in [0.5, 0.6) is 0 Å². The summed E-state index contributed by atoms with van der Waals surface area (Å²) in [6, 6.07) is 24.2. The Balaban J connectivity index is 1.13. The second-order valence-electron chi connectivity index (χ2n) is 12.2. The van der Waals surface area contributed by atoms with Crippen molar-refractivity contribution in [3.8, 4) is 11.4 Å². The summed E-state index contributed by atoms with van der Waals surface area (Å²) < 4.78 is 0. The SMILES string of the molecule is CC(C)(C)c1ccc(-c2nc3c(N4CCN(Cc5ccc([N+](=O)[O-])c(NCc6cccnc6)c5)CC4)cccc3[nH]2)cc1. The highest BCUT2D eigenvalue weighted by Gasteiger charge is 2.22. The van der Waals surface area contributed by atoms with Gasteiger partial charge in [-0.25, -0.2) is 4.98 Å². The van der Waals surface area contributed by atoms with Crippen molar-refractivity contribution in [3.05, 3.63) is 112 Å². The molecule has 220 valence electrons. The number of rotatable bonds is 8. The number of hydrogen-bond donors (Lipinski definition) is 2. The molecule has 1 aliphatic heterocycles. The van der Waals surface area contributed by atoms with Crippen molar-refractivity contribution in [3.63, 3.8) is 0 Å². The zero-order chi connectivity index (χ0) is 30.0. The van der Waals surface area contributed by atoms with E-state index in [0.717, 1.165) is 72.0 Å². The number of imidazole rings is 1. The van der Waals surface area contributed by atoms with Gasteiger partial charge in [0.05, 0.1) is 16.1 Å². The average Bonchev–Trinajstić information content (AvgIpc) is 3.45. The molecule has 5 aromatic rings. The van der Waals surface area contributed by atoms with E-state index in [4.69, 9.17) is 4.98 Å². The topological polar surface area (TPSA) is 103 Å². The van der Waals surface area contributed by atoms with Gasteiger partial charge in [-0.05, 0) is 46.4 Å². The van der Waals surface area contributed by atoms with Gasteiger partial charge in [0.25, 0.3) is 5.69 Å². The first-order valence-electron chi connectivity index (χ1n) is 14.7. The molecule has 0 bridgehead atoms. The molecule has 0 saturated carbocycles. The fourth-order valence-electron chi connectivity index (χ4n) is 5.62. The zero-order valence-electron chi connectivity index (χ0n) is 24.9. The van der Waals surface area contributed by atoms with Gasteiger partial charge in [-0.15, -0.1) is 0 Å². The van der Waals surface area contributed by atoms with Crippen LogP contribution in [0.25, 0.3) is 22.4 Å². The van der Waals surface area contributed by atoms with Gasteiger partial charge in [0.1, 0.15) is 17.0 Å². The lowest BCUT2D eigenvalue weighted by molar-refractivity contribution is -0.384. The van der Waals surface area contributed by atoms with Crippen LogP contribution in [0.2, 0.25) is 0 Å². The Morgan fingerprint density at radius 3 is 2.44 bits per heavy atom. The molecule has 3 aromatic carbocycles. The summed E-state index contributed by atoms with van der Waals surface area (Å²) in [6.45, 7) is 11.4. The first kappa shape index (κ1) is 28.4. The van der Waals surface area contributed by atoms with Crippen LogP contribution in [-0.4, -0.2) is 51.0 Å². The van der Waals surface area contributed by atoms with E-state index in [1.165, 1.54) is 5.56 Å². The highest BCUT2D eigenvalue weighted by atomic mass is 16.6. The lowest BCUT2D eigenvalue weighted by atomic mass is 9.87. The number of pyridine rings is 1. The number of para-hydroxylation sites is 1. The molecule has 0 unspecified atom stereocenters. The predicted molar refractivity (Wildman–Crippen MR) is 172 cm³/mol. The van der Waals surface area contributed by atoms with E-state index in [2.05, 4.69) is 88.3 Å². The lowest BCUT2D eigenvalue weighted by Gasteiger charge is -2.36. The quantitative estimate of drug-likeness (QED) is 0.156. The van der Waals surface area contributed by atoms with Crippen LogP contribution < -0.4 is 10.2 Å².